The van der Waals surface area contributed by atoms with Crippen LogP contribution in [0.1, 0.15) is 10.4 Å². The van der Waals surface area contributed by atoms with E-state index < -0.39 is 0 Å². The Morgan fingerprint density at radius 1 is 1.12 bits per heavy atom. The lowest BCUT2D eigenvalue weighted by atomic mass is 9.96. The smallest absolute Gasteiger partial charge is 0.0175 e. The summed E-state index contributed by atoms with van der Waals surface area (Å²) in [6.45, 7) is 0.744. The largest absolute Gasteiger partial charge is 0.330 e. The normalized spacial score (nSPS) is 12.6. The molecule has 1 aromatic heterocycles. The molecule has 1 nitrogen and oxygen atoms in total. The molecule has 90 valence electrons. The minimum atomic E-state index is 0.537. The van der Waals surface area contributed by atoms with E-state index in [1.54, 1.807) is 0 Å². The molecule has 0 fully saturated rings. The van der Waals surface area contributed by atoms with E-state index in [1.165, 1.54) is 10.4 Å². The van der Waals surface area contributed by atoms with E-state index >= 15 is 0 Å². The van der Waals surface area contributed by atoms with E-state index in [-0.39, 0.29) is 0 Å². The number of thiophene rings is 1. The zero-order valence-electron chi connectivity index (χ0n) is 9.60. The summed E-state index contributed by atoms with van der Waals surface area (Å²) in [6, 6.07) is 12.8. The van der Waals surface area contributed by atoms with Crippen LogP contribution in [-0.2, 0) is 12.8 Å². The molecule has 2 rings (SSSR count). The Balaban J connectivity index is 1.97. The van der Waals surface area contributed by atoms with Crippen LogP contribution in [0.3, 0.4) is 0 Å². The molecule has 0 aliphatic rings. The van der Waals surface area contributed by atoms with Crippen molar-refractivity contribution in [2.24, 2.45) is 11.7 Å². The third-order valence-corrected chi connectivity index (χ3v) is 4.27. The molecule has 2 N–H and O–H groups in total. The molecule has 1 unspecified atom stereocenters. The minimum absolute atomic E-state index is 0.537. The van der Waals surface area contributed by atoms with Gasteiger partial charge in [-0.25, -0.2) is 0 Å². The molecule has 1 heterocycles. The predicted molar refractivity (Wildman–Crippen MR) is 78.4 cm³/mol. The highest BCUT2D eigenvalue weighted by molar-refractivity contribution is 9.10. The first-order chi connectivity index (χ1) is 8.28. The van der Waals surface area contributed by atoms with Gasteiger partial charge in [-0.3, -0.25) is 0 Å². The molecule has 17 heavy (non-hydrogen) atoms. The van der Waals surface area contributed by atoms with E-state index in [0.717, 1.165) is 23.9 Å². The van der Waals surface area contributed by atoms with Crippen LogP contribution >= 0.6 is 27.3 Å². The molecule has 2 aromatic rings. The summed E-state index contributed by atoms with van der Waals surface area (Å²) in [4.78, 5) is 1.43. The zero-order valence-corrected chi connectivity index (χ0v) is 12.0. The molecule has 0 bridgehead atoms. The highest BCUT2D eigenvalue weighted by Crippen LogP contribution is 2.19. The summed E-state index contributed by atoms with van der Waals surface area (Å²) in [5.74, 6) is 0.537. The standard InChI is InChI=1S/C14H16BrNS/c15-13-5-3-11(4-6-13)8-12(10-16)9-14-2-1-7-17-14/h1-7,12H,8-10,16H2. The molecule has 0 saturated carbocycles. The van der Waals surface area contributed by atoms with Crippen LogP contribution in [-0.4, -0.2) is 6.54 Å². The summed E-state index contributed by atoms with van der Waals surface area (Å²) in [5, 5.41) is 2.13. The first-order valence-corrected chi connectivity index (χ1v) is 7.42. The van der Waals surface area contributed by atoms with Crippen LogP contribution in [0.4, 0.5) is 0 Å². The summed E-state index contributed by atoms with van der Waals surface area (Å²) in [6.07, 6.45) is 2.14. The van der Waals surface area contributed by atoms with Crippen molar-refractivity contribution < 1.29 is 0 Å². The molecule has 3 heteroatoms. The van der Waals surface area contributed by atoms with Gasteiger partial charge >= 0.3 is 0 Å². The van der Waals surface area contributed by atoms with Crippen molar-refractivity contribution in [2.45, 2.75) is 12.8 Å². The minimum Gasteiger partial charge on any atom is -0.330 e. The van der Waals surface area contributed by atoms with Crippen molar-refractivity contribution in [3.8, 4) is 0 Å². The van der Waals surface area contributed by atoms with Gasteiger partial charge in [-0.2, -0.15) is 0 Å². The topological polar surface area (TPSA) is 26.0 Å². The van der Waals surface area contributed by atoms with Gasteiger partial charge in [-0.1, -0.05) is 34.1 Å². The number of benzene rings is 1. The van der Waals surface area contributed by atoms with Crippen LogP contribution in [0, 0.1) is 5.92 Å². The Morgan fingerprint density at radius 3 is 2.47 bits per heavy atom. The first kappa shape index (κ1) is 12.8. The van der Waals surface area contributed by atoms with Gasteiger partial charge in [0, 0.05) is 9.35 Å². The second-order valence-corrected chi connectivity index (χ2v) is 6.16. The zero-order chi connectivity index (χ0) is 12.1. The number of rotatable bonds is 5. The van der Waals surface area contributed by atoms with Gasteiger partial charge in [0.2, 0.25) is 0 Å². The lowest BCUT2D eigenvalue weighted by Gasteiger charge is -2.13. The van der Waals surface area contributed by atoms with Crippen molar-refractivity contribution in [3.05, 3.63) is 56.7 Å². The second kappa shape index (κ2) is 6.34. The molecule has 0 aliphatic heterocycles. The monoisotopic (exact) mass is 309 g/mol. The van der Waals surface area contributed by atoms with Gasteiger partial charge < -0.3 is 5.73 Å². The molecule has 0 amide bonds. The summed E-state index contributed by atoms with van der Waals surface area (Å²) < 4.78 is 1.13. The maximum atomic E-state index is 5.86. The third-order valence-electron chi connectivity index (χ3n) is 2.84. The maximum Gasteiger partial charge on any atom is 0.0175 e. The fraction of sp³-hybridized carbons (Fsp3) is 0.286. The molecule has 0 radical (unpaired) electrons. The molecular weight excluding hydrogens is 294 g/mol. The average Bonchev–Trinajstić information content (AvgIpc) is 2.84. The summed E-state index contributed by atoms with van der Waals surface area (Å²) in [7, 11) is 0. The van der Waals surface area contributed by atoms with Gasteiger partial charge in [-0.05, 0) is 54.4 Å². The van der Waals surface area contributed by atoms with Crippen LogP contribution in [0.5, 0.6) is 0 Å². The Kier molecular flexibility index (Phi) is 4.77. The third kappa shape index (κ3) is 3.95. The quantitative estimate of drug-likeness (QED) is 0.891. The van der Waals surface area contributed by atoms with E-state index in [9.17, 15) is 0 Å². The summed E-state index contributed by atoms with van der Waals surface area (Å²) >= 11 is 5.27. The molecule has 0 aliphatic carbocycles. The van der Waals surface area contributed by atoms with Crippen LogP contribution < -0.4 is 5.73 Å². The van der Waals surface area contributed by atoms with Gasteiger partial charge in [0.05, 0.1) is 0 Å². The highest BCUT2D eigenvalue weighted by atomic mass is 79.9. The fourth-order valence-corrected chi connectivity index (χ4v) is 2.99. The van der Waals surface area contributed by atoms with E-state index in [4.69, 9.17) is 5.73 Å². The van der Waals surface area contributed by atoms with Gasteiger partial charge in [0.25, 0.3) is 0 Å². The molecule has 0 saturated heterocycles. The van der Waals surface area contributed by atoms with E-state index in [1.807, 2.05) is 11.3 Å². The predicted octanol–water partition coefficient (Wildman–Crippen LogP) is 3.87. The van der Waals surface area contributed by atoms with Crippen molar-refractivity contribution >= 4 is 27.3 Å². The lowest BCUT2D eigenvalue weighted by molar-refractivity contribution is 0.537. The number of hydrogen-bond donors (Lipinski definition) is 1. The molecular formula is C14H16BrNS. The van der Waals surface area contributed by atoms with Crippen LogP contribution in [0.15, 0.2) is 46.3 Å². The van der Waals surface area contributed by atoms with Crippen molar-refractivity contribution in [1.82, 2.24) is 0 Å². The first-order valence-electron chi connectivity index (χ1n) is 5.75. The van der Waals surface area contributed by atoms with Crippen molar-refractivity contribution in [1.29, 1.82) is 0 Å². The number of halogens is 1. The van der Waals surface area contributed by atoms with E-state index in [2.05, 4.69) is 57.7 Å². The number of nitrogens with two attached hydrogens (primary N) is 1. The fourth-order valence-electron chi connectivity index (χ4n) is 1.91. The van der Waals surface area contributed by atoms with E-state index in [0.29, 0.717) is 5.92 Å². The average molecular weight is 310 g/mol. The number of hydrogen-bond acceptors (Lipinski definition) is 2. The Bertz CT molecular complexity index is 436. The lowest BCUT2D eigenvalue weighted by Crippen LogP contribution is -2.18. The molecule has 1 aromatic carbocycles. The maximum absolute atomic E-state index is 5.86. The second-order valence-electron chi connectivity index (χ2n) is 4.22. The van der Waals surface area contributed by atoms with Gasteiger partial charge in [0.15, 0.2) is 0 Å². The Hall–Kier alpha value is -0.640. The van der Waals surface area contributed by atoms with Crippen molar-refractivity contribution in [2.75, 3.05) is 6.54 Å². The van der Waals surface area contributed by atoms with Crippen LogP contribution in [0.25, 0.3) is 0 Å². The summed E-state index contributed by atoms with van der Waals surface area (Å²) in [5.41, 5.74) is 7.22. The van der Waals surface area contributed by atoms with Crippen LogP contribution in [0.2, 0.25) is 0 Å². The van der Waals surface area contributed by atoms with Gasteiger partial charge in [-0.15, -0.1) is 11.3 Å². The highest BCUT2D eigenvalue weighted by Gasteiger charge is 2.09. The Morgan fingerprint density at radius 2 is 1.88 bits per heavy atom. The molecule has 0 spiro atoms. The molecule has 1 atom stereocenters. The Labute approximate surface area is 115 Å². The van der Waals surface area contributed by atoms with Gasteiger partial charge in [0.1, 0.15) is 0 Å². The SMILES string of the molecule is NCC(Cc1ccc(Br)cc1)Cc1cccs1. The van der Waals surface area contributed by atoms with Crippen molar-refractivity contribution in [3.63, 3.8) is 0 Å².